The summed E-state index contributed by atoms with van der Waals surface area (Å²) >= 11 is 0. The number of benzene rings is 1. The Hall–Kier alpha value is -2.14. The van der Waals surface area contributed by atoms with E-state index in [9.17, 15) is 0 Å². The molecule has 1 aromatic heterocycles. The molecule has 96 valence electrons. The summed E-state index contributed by atoms with van der Waals surface area (Å²) in [4.78, 5) is 8.47. The van der Waals surface area contributed by atoms with Gasteiger partial charge in [0.15, 0.2) is 6.23 Å². The molecule has 0 bridgehead atoms. The second-order valence-corrected chi connectivity index (χ2v) is 4.97. The highest BCUT2D eigenvalue weighted by molar-refractivity contribution is 5.72. The number of hydrogen-bond donors (Lipinski definition) is 2. The maximum absolute atomic E-state index is 6.02. The Labute approximate surface area is 110 Å². The highest BCUT2D eigenvalue weighted by atomic mass is 16.5. The number of rotatable bonds is 2. The first-order valence-corrected chi connectivity index (χ1v) is 6.46. The van der Waals surface area contributed by atoms with Crippen molar-refractivity contribution in [2.75, 3.05) is 5.73 Å². The number of hydrogen-bond acceptors (Lipinski definition) is 5. The van der Waals surface area contributed by atoms with Crippen LogP contribution in [0.2, 0.25) is 0 Å². The van der Waals surface area contributed by atoms with Crippen molar-refractivity contribution in [1.29, 1.82) is 0 Å². The van der Waals surface area contributed by atoms with E-state index >= 15 is 0 Å². The minimum absolute atomic E-state index is 0.182. The Balaban J connectivity index is 1.85. The van der Waals surface area contributed by atoms with E-state index in [1.807, 2.05) is 24.3 Å². The minimum atomic E-state index is -0.182. The van der Waals surface area contributed by atoms with Crippen LogP contribution in [0.5, 0.6) is 5.75 Å². The summed E-state index contributed by atoms with van der Waals surface area (Å²) in [6.07, 6.45) is 3.98. The molecule has 1 aliphatic heterocycles. The van der Waals surface area contributed by atoms with Gasteiger partial charge in [-0.2, -0.15) is 0 Å². The molecule has 4 rings (SSSR count). The summed E-state index contributed by atoms with van der Waals surface area (Å²) in [6, 6.07) is 8.42. The Morgan fingerprint density at radius 2 is 2.11 bits per heavy atom. The smallest absolute Gasteiger partial charge is 0.220 e. The molecule has 0 amide bonds. The molecule has 0 radical (unpaired) electrons. The van der Waals surface area contributed by atoms with E-state index in [4.69, 9.17) is 10.5 Å². The fourth-order valence-corrected chi connectivity index (χ4v) is 2.36. The Kier molecular flexibility index (Phi) is 2.22. The molecular formula is C14H14N4O. The van der Waals surface area contributed by atoms with Gasteiger partial charge in [-0.1, -0.05) is 12.1 Å². The van der Waals surface area contributed by atoms with E-state index in [2.05, 4.69) is 15.3 Å². The van der Waals surface area contributed by atoms with Crippen LogP contribution < -0.4 is 15.8 Å². The predicted molar refractivity (Wildman–Crippen MR) is 71.4 cm³/mol. The second-order valence-electron chi connectivity index (χ2n) is 4.97. The van der Waals surface area contributed by atoms with Gasteiger partial charge in [-0.05, 0) is 25.0 Å². The molecule has 2 heterocycles. The maximum atomic E-state index is 6.02. The van der Waals surface area contributed by atoms with Crippen molar-refractivity contribution in [2.45, 2.75) is 25.1 Å². The fourth-order valence-electron chi connectivity index (χ4n) is 2.36. The third-order valence-corrected chi connectivity index (χ3v) is 3.47. The number of nitrogens with zero attached hydrogens (tertiary/aromatic N) is 2. The largest absolute Gasteiger partial charge is 0.470 e. The molecule has 2 aliphatic rings. The average molecular weight is 254 g/mol. The summed E-state index contributed by atoms with van der Waals surface area (Å²) in [6.45, 7) is 0. The van der Waals surface area contributed by atoms with Crippen molar-refractivity contribution in [3.63, 3.8) is 0 Å². The lowest BCUT2D eigenvalue weighted by Gasteiger charge is -2.28. The number of fused-ring (bicyclic) bond motifs is 3. The van der Waals surface area contributed by atoms with Gasteiger partial charge in [0.05, 0.1) is 11.3 Å². The van der Waals surface area contributed by atoms with Crippen LogP contribution in [-0.2, 0) is 0 Å². The van der Waals surface area contributed by atoms with Gasteiger partial charge >= 0.3 is 0 Å². The van der Waals surface area contributed by atoms with Gasteiger partial charge < -0.3 is 10.5 Å². The molecule has 5 heteroatoms. The summed E-state index contributed by atoms with van der Waals surface area (Å²) < 4.78 is 6.02. The van der Waals surface area contributed by atoms with Gasteiger partial charge in [0.2, 0.25) is 5.95 Å². The number of ether oxygens (including phenoxy) is 1. The highest BCUT2D eigenvalue weighted by Gasteiger charge is 2.32. The molecule has 5 nitrogen and oxygen atoms in total. The highest BCUT2D eigenvalue weighted by Crippen LogP contribution is 2.41. The van der Waals surface area contributed by atoms with E-state index in [1.54, 1.807) is 6.20 Å². The molecular weight excluding hydrogens is 240 g/mol. The van der Waals surface area contributed by atoms with Crippen molar-refractivity contribution in [3.8, 4) is 17.0 Å². The number of nitrogen functional groups attached to an aromatic ring is 1. The van der Waals surface area contributed by atoms with E-state index < -0.39 is 0 Å². The van der Waals surface area contributed by atoms with Crippen molar-refractivity contribution in [2.24, 2.45) is 0 Å². The second kappa shape index (κ2) is 3.93. The lowest BCUT2D eigenvalue weighted by atomic mass is 10.0. The van der Waals surface area contributed by atoms with Crippen molar-refractivity contribution >= 4 is 5.95 Å². The first-order chi connectivity index (χ1) is 9.31. The topological polar surface area (TPSA) is 73.1 Å². The summed E-state index contributed by atoms with van der Waals surface area (Å²) in [5, 5.41) is 3.47. The molecule has 0 saturated heterocycles. The quantitative estimate of drug-likeness (QED) is 0.856. The van der Waals surface area contributed by atoms with E-state index in [0.717, 1.165) is 22.6 Å². The van der Waals surface area contributed by atoms with Crippen LogP contribution >= 0.6 is 0 Å². The van der Waals surface area contributed by atoms with Crippen LogP contribution in [0.3, 0.4) is 0 Å². The molecule has 0 unspecified atom stereocenters. The zero-order valence-electron chi connectivity index (χ0n) is 10.3. The zero-order chi connectivity index (χ0) is 12.8. The first kappa shape index (κ1) is 10.8. The summed E-state index contributed by atoms with van der Waals surface area (Å²) in [7, 11) is 0. The van der Waals surface area contributed by atoms with Gasteiger partial charge in [0, 0.05) is 17.8 Å². The number of para-hydroxylation sites is 1. The Morgan fingerprint density at radius 3 is 2.95 bits per heavy atom. The van der Waals surface area contributed by atoms with Crippen molar-refractivity contribution in [1.82, 2.24) is 15.3 Å². The molecule has 19 heavy (non-hydrogen) atoms. The SMILES string of the molecule is Nc1ncc2c(n1)-c1ccccc1O[C@@H]2NC1CC1. The third kappa shape index (κ3) is 1.82. The van der Waals surface area contributed by atoms with Crippen molar-refractivity contribution < 1.29 is 4.74 Å². The molecule has 1 saturated carbocycles. The molecule has 3 N–H and O–H groups in total. The van der Waals surface area contributed by atoms with Crippen LogP contribution in [0.1, 0.15) is 24.6 Å². The van der Waals surface area contributed by atoms with Crippen LogP contribution in [0.15, 0.2) is 30.5 Å². The van der Waals surface area contributed by atoms with E-state index in [1.165, 1.54) is 12.8 Å². The predicted octanol–water partition coefficient (Wildman–Crippen LogP) is 1.87. The Bertz CT molecular complexity index is 639. The number of aromatic nitrogens is 2. The first-order valence-electron chi connectivity index (χ1n) is 6.46. The van der Waals surface area contributed by atoms with Crippen LogP contribution in [-0.4, -0.2) is 16.0 Å². The zero-order valence-corrected chi connectivity index (χ0v) is 10.3. The summed E-state index contributed by atoms with van der Waals surface area (Å²) in [5.74, 6) is 1.13. The maximum Gasteiger partial charge on any atom is 0.220 e. The molecule has 1 atom stereocenters. The van der Waals surface area contributed by atoms with Crippen LogP contribution in [0.25, 0.3) is 11.3 Å². The van der Waals surface area contributed by atoms with Gasteiger partial charge in [-0.15, -0.1) is 0 Å². The minimum Gasteiger partial charge on any atom is -0.470 e. The fraction of sp³-hybridized carbons (Fsp3) is 0.286. The number of nitrogens with two attached hydrogens (primary N) is 1. The molecule has 1 fully saturated rings. The standard InChI is InChI=1S/C14H14N4O/c15-14-16-7-10-12(18-14)9-3-1-2-4-11(9)19-13(10)17-8-5-6-8/h1-4,7-8,13,17H,5-6H2,(H2,15,16,18)/t13-/m0/s1. The number of anilines is 1. The van der Waals surface area contributed by atoms with Crippen molar-refractivity contribution in [3.05, 3.63) is 36.0 Å². The lowest BCUT2D eigenvalue weighted by molar-refractivity contribution is 0.160. The Morgan fingerprint density at radius 1 is 1.26 bits per heavy atom. The molecule has 2 aromatic rings. The summed E-state index contributed by atoms with van der Waals surface area (Å²) in [5.41, 5.74) is 8.51. The number of nitrogens with one attached hydrogen (secondary N) is 1. The molecule has 0 spiro atoms. The van der Waals surface area contributed by atoms with Crippen LogP contribution in [0.4, 0.5) is 5.95 Å². The van der Waals surface area contributed by atoms with Gasteiger partial charge in [0.1, 0.15) is 5.75 Å². The molecule has 1 aliphatic carbocycles. The van der Waals surface area contributed by atoms with Gasteiger partial charge in [-0.25, -0.2) is 9.97 Å². The van der Waals surface area contributed by atoms with Crippen LogP contribution in [0, 0.1) is 0 Å². The van der Waals surface area contributed by atoms with Gasteiger partial charge in [0.25, 0.3) is 0 Å². The monoisotopic (exact) mass is 254 g/mol. The van der Waals surface area contributed by atoms with E-state index in [0.29, 0.717) is 12.0 Å². The lowest BCUT2D eigenvalue weighted by Crippen LogP contribution is -2.31. The average Bonchev–Trinajstić information content (AvgIpc) is 3.23. The molecule has 1 aromatic carbocycles. The normalized spacial score (nSPS) is 20.3. The van der Waals surface area contributed by atoms with Gasteiger partial charge in [-0.3, -0.25) is 5.32 Å². The van der Waals surface area contributed by atoms with E-state index in [-0.39, 0.29) is 6.23 Å². The third-order valence-electron chi connectivity index (χ3n) is 3.47.